The van der Waals surface area contributed by atoms with Crippen LogP contribution in [0, 0.1) is 0 Å². The number of nitrogens with zero attached hydrogens (tertiary/aromatic N) is 1. The Morgan fingerprint density at radius 2 is 0.945 bits per heavy atom. The minimum atomic E-state index is -3.20. The van der Waals surface area contributed by atoms with E-state index in [0.29, 0.717) is 0 Å². The molecule has 0 spiro atoms. The fourth-order valence-electron chi connectivity index (χ4n) is 9.13. The van der Waals surface area contributed by atoms with Crippen molar-refractivity contribution >= 4 is 58.0 Å². The molecule has 4 aliphatic heterocycles. The molecule has 0 N–H and O–H groups in total. The van der Waals surface area contributed by atoms with E-state index in [1.165, 1.54) is 20.7 Å². The van der Waals surface area contributed by atoms with Gasteiger partial charge in [0.2, 0.25) is 0 Å². The number of hydrogen-bond donors (Lipinski definition) is 0. The van der Waals surface area contributed by atoms with Gasteiger partial charge in [-0.1, -0.05) is 140 Å². The van der Waals surface area contributed by atoms with E-state index < -0.39 is 8.07 Å². The minimum Gasteiger partial charge on any atom is -0.551 e. The van der Waals surface area contributed by atoms with E-state index in [9.17, 15) is 0 Å². The largest absolute Gasteiger partial charge is 0.551 e. The second kappa shape index (κ2) is 11.5. The summed E-state index contributed by atoms with van der Waals surface area (Å²) >= 11 is 0. The second-order valence-corrected chi connectivity index (χ2v) is 18.2. The van der Waals surface area contributed by atoms with Crippen molar-refractivity contribution < 1.29 is 19.0 Å². The molecule has 0 radical (unpaired) electrons. The van der Waals surface area contributed by atoms with Gasteiger partial charge in [0.15, 0.2) is 25.3 Å². The van der Waals surface area contributed by atoms with Crippen LogP contribution in [0.3, 0.4) is 0 Å². The van der Waals surface area contributed by atoms with Crippen molar-refractivity contribution in [3.8, 4) is 56.8 Å². The summed E-state index contributed by atoms with van der Waals surface area (Å²) in [6, 6.07) is 64.4. The lowest BCUT2D eigenvalue weighted by Crippen LogP contribution is -2.75. The van der Waals surface area contributed by atoms with Crippen LogP contribution in [0.25, 0.3) is 22.3 Å². The van der Waals surface area contributed by atoms with E-state index in [-0.39, 0.29) is 6.92 Å². The highest BCUT2D eigenvalue weighted by molar-refractivity contribution is 7.20. The van der Waals surface area contributed by atoms with Crippen molar-refractivity contribution in [1.29, 1.82) is 0 Å². The summed E-state index contributed by atoms with van der Waals surface area (Å²) in [6.45, 7) is -0.285. The van der Waals surface area contributed by atoms with Crippen molar-refractivity contribution in [3.05, 3.63) is 182 Å². The van der Waals surface area contributed by atoms with Gasteiger partial charge in [-0.05, 0) is 68.8 Å². The summed E-state index contributed by atoms with van der Waals surface area (Å²) in [6.07, 6.45) is 0. The van der Waals surface area contributed by atoms with Crippen molar-refractivity contribution in [2.45, 2.75) is 0 Å². The molecular formula is C48H30BNO4Si. The third-order valence-electron chi connectivity index (χ3n) is 11.5. The molecule has 0 atom stereocenters. The molecule has 12 rings (SSSR count). The number of anilines is 2. The van der Waals surface area contributed by atoms with E-state index in [0.717, 1.165) is 79.1 Å². The molecule has 7 heteroatoms. The SMILES string of the molecule is c1ccc([Si](c2ccccc2)(c2cc3c4c(c2)-c2ccccc2OB4c2ccccc2O3)c2cc3c4c(c2)-c2ccccc2ON4c2ccccc2O3)cc1. The highest BCUT2D eigenvalue weighted by Gasteiger charge is 2.48. The number of para-hydroxylation sites is 5. The van der Waals surface area contributed by atoms with Gasteiger partial charge in [0, 0.05) is 27.6 Å². The molecule has 0 aliphatic carbocycles. The molecule has 8 aromatic carbocycles. The van der Waals surface area contributed by atoms with Gasteiger partial charge in [0.25, 0.3) is 0 Å². The number of hydrogen-bond acceptors (Lipinski definition) is 5. The molecule has 0 fully saturated rings. The van der Waals surface area contributed by atoms with Gasteiger partial charge in [-0.15, -0.1) is 0 Å². The van der Waals surface area contributed by atoms with Crippen molar-refractivity contribution in [3.63, 3.8) is 0 Å². The van der Waals surface area contributed by atoms with Gasteiger partial charge in [-0.3, -0.25) is 0 Å². The van der Waals surface area contributed by atoms with Gasteiger partial charge >= 0.3 is 6.92 Å². The lowest BCUT2D eigenvalue weighted by atomic mass is 9.51. The molecule has 55 heavy (non-hydrogen) atoms. The average molecular weight is 724 g/mol. The molecule has 5 nitrogen and oxygen atoms in total. The van der Waals surface area contributed by atoms with Crippen LogP contribution < -0.4 is 55.7 Å². The summed E-state index contributed by atoms with van der Waals surface area (Å²) < 4.78 is 20.6. The van der Waals surface area contributed by atoms with Gasteiger partial charge in [0.1, 0.15) is 28.6 Å². The van der Waals surface area contributed by atoms with E-state index in [2.05, 4.69) is 133 Å². The number of ether oxygens (including phenoxy) is 2. The Labute approximate surface area is 319 Å². The second-order valence-electron chi connectivity index (χ2n) is 14.4. The first kappa shape index (κ1) is 30.5. The topological polar surface area (TPSA) is 40.2 Å². The van der Waals surface area contributed by atoms with Crippen molar-refractivity contribution in [2.24, 2.45) is 0 Å². The zero-order valence-electron chi connectivity index (χ0n) is 29.5. The molecule has 0 aromatic heterocycles. The molecule has 0 amide bonds. The van der Waals surface area contributed by atoms with Gasteiger partial charge in [-0.25, -0.2) is 0 Å². The van der Waals surface area contributed by atoms with Crippen LogP contribution in [-0.4, -0.2) is 15.0 Å². The predicted molar refractivity (Wildman–Crippen MR) is 222 cm³/mol. The molecule has 4 aliphatic rings. The highest BCUT2D eigenvalue weighted by Crippen LogP contribution is 2.55. The zero-order chi connectivity index (χ0) is 36.1. The van der Waals surface area contributed by atoms with Crippen molar-refractivity contribution in [2.75, 3.05) is 5.06 Å². The Hall–Kier alpha value is -6.96. The van der Waals surface area contributed by atoms with E-state index in [1.54, 1.807) is 0 Å². The fourth-order valence-corrected chi connectivity index (χ4v) is 13.9. The standard InChI is InChI=1S/C48H30BNO4Si/c1-3-15-31(16-4-1)55(32-17-5-2-6-18-32,33-27-37-35-19-7-11-23-41(35)53-49-39-21-9-13-25-43(39)51-45(29-33)47(37)49)34-28-38-36-20-8-12-24-42(36)54-50-40-22-10-14-26-44(40)52-46(30-34)48(38)50/h1-30H. The summed E-state index contributed by atoms with van der Waals surface area (Å²) in [4.78, 5) is 6.65. The lowest BCUT2D eigenvalue weighted by Gasteiger charge is -2.40. The molecule has 0 saturated heterocycles. The van der Waals surface area contributed by atoms with Crippen LogP contribution in [0.15, 0.2) is 182 Å². The van der Waals surface area contributed by atoms with Crippen LogP contribution in [0.5, 0.6) is 34.5 Å². The Kier molecular flexibility index (Phi) is 6.39. The van der Waals surface area contributed by atoms with Crippen LogP contribution >= 0.6 is 0 Å². The van der Waals surface area contributed by atoms with Crippen LogP contribution in [0.2, 0.25) is 0 Å². The van der Waals surface area contributed by atoms with E-state index in [4.69, 9.17) is 19.0 Å². The third kappa shape index (κ3) is 4.30. The van der Waals surface area contributed by atoms with Gasteiger partial charge in [0.05, 0.1) is 0 Å². The van der Waals surface area contributed by atoms with Gasteiger partial charge in [-0.2, -0.15) is 5.06 Å². The maximum atomic E-state index is 6.92. The molecule has 8 aromatic rings. The quantitative estimate of drug-likeness (QED) is 0.139. The van der Waals surface area contributed by atoms with Crippen molar-refractivity contribution in [1.82, 2.24) is 0 Å². The highest BCUT2D eigenvalue weighted by atomic mass is 28.3. The zero-order valence-corrected chi connectivity index (χ0v) is 30.5. The Bertz CT molecular complexity index is 2670. The molecular weight excluding hydrogens is 693 g/mol. The van der Waals surface area contributed by atoms with Gasteiger partial charge < -0.3 is 19.0 Å². The Morgan fingerprint density at radius 3 is 1.69 bits per heavy atom. The number of benzene rings is 8. The number of fused-ring (bicyclic) bond motifs is 8. The summed E-state index contributed by atoms with van der Waals surface area (Å²) in [5, 5.41) is 6.84. The third-order valence-corrected chi connectivity index (χ3v) is 16.2. The summed E-state index contributed by atoms with van der Waals surface area (Å²) in [5.41, 5.74) is 8.15. The first-order valence-corrected chi connectivity index (χ1v) is 20.6. The lowest BCUT2D eigenvalue weighted by molar-refractivity contribution is 0.303. The first-order chi connectivity index (χ1) is 27.3. The summed E-state index contributed by atoms with van der Waals surface area (Å²) in [7, 11) is -3.20. The van der Waals surface area contributed by atoms with E-state index in [1.807, 2.05) is 53.6 Å². The summed E-state index contributed by atoms with van der Waals surface area (Å²) in [5.74, 6) is 4.81. The maximum Gasteiger partial charge on any atom is 0.434 e. The van der Waals surface area contributed by atoms with Crippen LogP contribution in [0.1, 0.15) is 0 Å². The maximum absolute atomic E-state index is 6.92. The molecule has 0 saturated carbocycles. The molecule has 258 valence electrons. The average Bonchev–Trinajstić information content (AvgIpc) is 3.25. The first-order valence-electron chi connectivity index (χ1n) is 18.6. The fraction of sp³-hybridized carbons (Fsp3) is 0. The normalized spacial score (nSPS) is 13.6. The van der Waals surface area contributed by atoms with Crippen LogP contribution in [0.4, 0.5) is 11.4 Å². The van der Waals surface area contributed by atoms with E-state index >= 15 is 0 Å². The Morgan fingerprint density at radius 1 is 0.400 bits per heavy atom. The molecule has 0 unspecified atom stereocenters. The Balaban J connectivity index is 1.21. The molecule has 0 bridgehead atoms. The monoisotopic (exact) mass is 723 g/mol. The predicted octanol–water partition coefficient (Wildman–Crippen LogP) is 7.55. The number of rotatable bonds is 4. The minimum absolute atomic E-state index is 0.285. The van der Waals surface area contributed by atoms with Crippen LogP contribution in [-0.2, 0) is 0 Å². The molecule has 4 heterocycles. The smallest absolute Gasteiger partial charge is 0.434 e.